The molecule has 0 bridgehead atoms. The van der Waals surface area contributed by atoms with Crippen molar-refractivity contribution in [3.8, 4) is 33.4 Å². The van der Waals surface area contributed by atoms with E-state index in [-0.39, 0.29) is 0 Å². The van der Waals surface area contributed by atoms with Crippen LogP contribution in [0.25, 0.3) is 105 Å². The van der Waals surface area contributed by atoms with Gasteiger partial charge < -0.3 is 14.6 Å². The third-order valence-corrected chi connectivity index (χ3v) is 14.8. The van der Waals surface area contributed by atoms with E-state index >= 15 is 0 Å². The Balaban J connectivity index is 0.000000167. The Labute approximate surface area is 393 Å². The number of hydrogen-bond donors (Lipinski definition) is 1. The van der Waals surface area contributed by atoms with Gasteiger partial charge in [-0.15, -0.1) is 0 Å². The summed E-state index contributed by atoms with van der Waals surface area (Å²) in [6.45, 7) is 0.509. The molecular formula is C65H43NO2. The molecular weight excluding hydrogens is 827 g/mol. The number of rotatable bonds is 5. The quantitative estimate of drug-likeness (QED) is 0.175. The van der Waals surface area contributed by atoms with Crippen LogP contribution in [0.5, 0.6) is 0 Å². The minimum atomic E-state index is -0.403. The summed E-state index contributed by atoms with van der Waals surface area (Å²) in [6, 6.07) is 76.7. The van der Waals surface area contributed by atoms with Crippen molar-refractivity contribution in [2.24, 2.45) is 5.73 Å². The van der Waals surface area contributed by atoms with Gasteiger partial charge in [0.05, 0.1) is 5.41 Å². The Morgan fingerprint density at radius 3 is 1.75 bits per heavy atom. The highest BCUT2D eigenvalue weighted by Crippen LogP contribution is 2.64. The van der Waals surface area contributed by atoms with Crippen LogP contribution in [-0.4, -0.2) is 0 Å². The second-order valence-electron chi connectivity index (χ2n) is 18.3. The van der Waals surface area contributed by atoms with Crippen molar-refractivity contribution in [1.82, 2.24) is 0 Å². The molecule has 0 fully saturated rings. The first-order valence-electron chi connectivity index (χ1n) is 23.6. The molecule has 0 aliphatic heterocycles. The predicted octanol–water partition coefficient (Wildman–Crippen LogP) is 16.6. The molecule has 1 spiro atoms. The predicted molar refractivity (Wildman–Crippen MR) is 282 cm³/mol. The monoisotopic (exact) mass is 869 g/mol. The number of allylic oxidation sites excluding steroid dienone is 1. The first-order valence-corrected chi connectivity index (χ1v) is 23.6. The topological polar surface area (TPSA) is 52.3 Å². The molecule has 2 aliphatic rings. The molecule has 0 saturated heterocycles. The van der Waals surface area contributed by atoms with Crippen LogP contribution in [0, 0.1) is 0 Å². The van der Waals surface area contributed by atoms with E-state index in [0.29, 0.717) is 6.54 Å². The molecule has 2 heterocycles. The molecule has 0 saturated carbocycles. The lowest BCUT2D eigenvalue weighted by atomic mass is 9.70. The number of fused-ring (bicyclic) bond motifs is 16. The van der Waals surface area contributed by atoms with Crippen molar-refractivity contribution in [3.05, 3.63) is 257 Å². The average Bonchev–Trinajstić information content (AvgIpc) is 4.14. The molecule has 320 valence electrons. The maximum atomic E-state index is 6.32. The van der Waals surface area contributed by atoms with E-state index in [0.717, 1.165) is 34.3 Å². The van der Waals surface area contributed by atoms with E-state index in [2.05, 4.69) is 200 Å². The van der Waals surface area contributed by atoms with Crippen molar-refractivity contribution >= 4 is 71.5 Å². The summed E-state index contributed by atoms with van der Waals surface area (Å²) in [5, 5.41) is 9.80. The van der Waals surface area contributed by atoms with Gasteiger partial charge >= 0.3 is 0 Å². The van der Waals surface area contributed by atoms with E-state index in [1.807, 2.05) is 24.3 Å². The van der Waals surface area contributed by atoms with Crippen molar-refractivity contribution in [2.75, 3.05) is 0 Å². The normalized spacial score (nSPS) is 13.2. The summed E-state index contributed by atoms with van der Waals surface area (Å²) >= 11 is 0. The fraction of sp³-hybridized carbons (Fsp3) is 0.0462. The van der Waals surface area contributed by atoms with Gasteiger partial charge in [0.25, 0.3) is 0 Å². The molecule has 2 aromatic heterocycles. The van der Waals surface area contributed by atoms with Crippen LogP contribution in [0.3, 0.4) is 0 Å². The summed E-state index contributed by atoms with van der Waals surface area (Å²) in [5.74, 6) is 0. The Hall–Kier alpha value is -8.50. The molecule has 3 nitrogen and oxygen atoms in total. The zero-order valence-corrected chi connectivity index (χ0v) is 37.2. The minimum Gasteiger partial charge on any atom is -0.456 e. The standard InChI is InChI=1S/C44H27NO.C21H16O/c45-24-25-18-20-33-38(22-25)44(35-13-3-1-8-29(35)30-9-2-4-14-36(30)44)37-15-5-10-27(41(33)37)26-19-21-28-31-11-6-16-39-42(31)43-32(34(28)23-26)12-7-17-40(43)46-39;1-2-7-16(8-3-1)9-6-10-17-13-14-19-18-11-4-5-12-20(18)22-21(19)15-17/h1-23H,24,45H2;1-9,11-15H,10H2/b;9-6+. The molecule has 11 aromatic carbocycles. The summed E-state index contributed by atoms with van der Waals surface area (Å²) in [7, 11) is 0. The van der Waals surface area contributed by atoms with Crippen LogP contribution in [0.15, 0.2) is 227 Å². The number of nitrogens with two attached hydrogens (primary N) is 1. The molecule has 0 amide bonds. The van der Waals surface area contributed by atoms with Gasteiger partial charge in [0.1, 0.15) is 22.3 Å². The van der Waals surface area contributed by atoms with Crippen LogP contribution in [0.4, 0.5) is 0 Å². The maximum absolute atomic E-state index is 6.32. The Kier molecular flexibility index (Phi) is 8.55. The van der Waals surface area contributed by atoms with Crippen molar-refractivity contribution in [3.63, 3.8) is 0 Å². The fourth-order valence-electron chi connectivity index (χ4n) is 11.9. The first kappa shape index (κ1) is 38.7. The second kappa shape index (κ2) is 15.0. The minimum absolute atomic E-state index is 0.403. The lowest BCUT2D eigenvalue weighted by Crippen LogP contribution is -2.26. The third kappa shape index (κ3) is 5.57. The van der Waals surface area contributed by atoms with Gasteiger partial charge in [-0.1, -0.05) is 194 Å². The SMILES string of the molecule is C(=C\c1ccccc1)/Cc1ccc2c(c1)oc1ccccc12.NCc1ccc2c(c1)C1(c3ccccc3-c3ccccc31)c1cccc(-c3ccc4c(c3)c3cccc5oc6cccc4c6c53)c1-2. The van der Waals surface area contributed by atoms with Crippen LogP contribution >= 0.6 is 0 Å². The summed E-state index contributed by atoms with van der Waals surface area (Å²) in [5.41, 5.74) is 26.4. The van der Waals surface area contributed by atoms with E-state index in [9.17, 15) is 0 Å². The Morgan fingerprint density at radius 1 is 0.382 bits per heavy atom. The number of furan rings is 2. The van der Waals surface area contributed by atoms with Crippen molar-refractivity contribution < 1.29 is 8.83 Å². The molecule has 0 unspecified atom stereocenters. The van der Waals surface area contributed by atoms with Crippen LogP contribution in [0.2, 0.25) is 0 Å². The highest BCUT2D eigenvalue weighted by Gasteiger charge is 2.52. The number of para-hydroxylation sites is 1. The Morgan fingerprint density at radius 2 is 0.971 bits per heavy atom. The van der Waals surface area contributed by atoms with Crippen molar-refractivity contribution in [2.45, 2.75) is 18.4 Å². The summed E-state index contributed by atoms with van der Waals surface area (Å²) < 4.78 is 12.3. The van der Waals surface area contributed by atoms with E-state index < -0.39 is 5.41 Å². The second-order valence-corrected chi connectivity index (χ2v) is 18.3. The van der Waals surface area contributed by atoms with Gasteiger partial charge in [0, 0.05) is 28.1 Å². The largest absolute Gasteiger partial charge is 0.456 e. The average molecular weight is 870 g/mol. The number of benzene rings is 11. The lowest BCUT2D eigenvalue weighted by Gasteiger charge is -2.30. The zero-order valence-electron chi connectivity index (χ0n) is 37.2. The number of hydrogen-bond acceptors (Lipinski definition) is 3. The van der Waals surface area contributed by atoms with Crippen LogP contribution in [-0.2, 0) is 18.4 Å². The van der Waals surface area contributed by atoms with Gasteiger partial charge in [-0.2, -0.15) is 0 Å². The van der Waals surface area contributed by atoms with E-state index in [1.54, 1.807) is 0 Å². The zero-order chi connectivity index (χ0) is 44.9. The van der Waals surface area contributed by atoms with E-state index in [1.165, 1.54) is 110 Å². The smallest absolute Gasteiger partial charge is 0.136 e. The molecule has 13 aromatic rings. The highest BCUT2D eigenvalue weighted by molar-refractivity contribution is 6.33. The van der Waals surface area contributed by atoms with Gasteiger partial charge in [0.2, 0.25) is 0 Å². The van der Waals surface area contributed by atoms with Crippen LogP contribution in [0.1, 0.15) is 38.9 Å². The van der Waals surface area contributed by atoms with Gasteiger partial charge in [-0.05, 0) is 131 Å². The molecule has 2 N–H and O–H groups in total. The molecule has 68 heavy (non-hydrogen) atoms. The fourth-order valence-corrected chi connectivity index (χ4v) is 11.9. The van der Waals surface area contributed by atoms with Gasteiger partial charge in [-0.3, -0.25) is 0 Å². The maximum Gasteiger partial charge on any atom is 0.136 e. The molecule has 2 aliphatic carbocycles. The molecule has 0 radical (unpaired) electrons. The summed E-state index contributed by atoms with van der Waals surface area (Å²) in [4.78, 5) is 0. The molecule has 15 rings (SSSR count). The highest BCUT2D eigenvalue weighted by atomic mass is 16.3. The van der Waals surface area contributed by atoms with Crippen molar-refractivity contribution in [1.29, 1.82) is 0 Å². The van der Waals surface area contributed by atoms with Crippen LogP contribution < -0.4 is 5.73 Å². The first-order chi connectivity index (χ1) is 33.7. The van der Waals surface area contributed by atoms with Gasteiger partial charge in [-0.25, -0.2) is 0 Å². The molecule has 3 heteroatoms. The Bertz CT molecular complexity index is 4120. The van der Waals surface area contributed by atoms with E-state index in [4.69, 9.17) is 14.6 Å². The molecule has 0 atom stereocenters. The van der Waals surface area contributed by atoms with Gasteiger partial charge in [0.15, 0.2) is 0 Å². The summed E-state index contributed by atoms with van der Waals surface area (Å²) in [6.07, 6.45) is 5.25. The third-order valence-electron chi connectivity index (χ3n) is 14.8. The lowest BCUT2D eigenvalue weighted by molar-refractivity contribution is 0.668.